The molecule has 0 heterocycles. The summed E-state index contributed by atoms with van der Waals surface area (Å²) in [5, 5.41) is 2.76. The smallest absolute Gasteiger partial charge is 0.262 e. The molecule has 2 rings (SSSR count). The third-order valence-corrected chi connectivity index (χ3v) is 4.05. The third-order valence-electron chi connectivity index (χ3n) is 3.59. The van der Waals surface area contributed by atoms with Crippen molar-refractivity contribution in [2.24, 2.45) is 0 Å². The van der Waals surface area contributed by atoms with Crippen LogP contribution in [0.3, 0.4) is 0 Å². The first-order chi connectivity index (χ1) is 11.8. The molecule has 2 aromatic rings. The molecular formula is C19H21BrN2O3. The van der Waals surface area contributed by atoms with Crippen LogP contribution in [-0.2, 0) is 4.79 Å². The summed E-state index contributed by atoms with van der Waals surface area (Å²) in [7, 11) is 3.39. The van der Waals surface area contributed by atoms with Crippen LogP contribution in [0.4, 0.5) is 5.69 Å². The van der Waals surface area contributed by atoms with E-state index in [0.29, 0.717) is 17.0 Å². The monoisotopic (exact) mass is 404 g/mol. The van der Waals surface area contributed by atoms with Gasteiger partial charge in [-0.15, -0.1) is 0 Å². The molecule has 1 N–H and O–H groups in total. The number of ether oxygens (including phenoxy) is 1. The molecule has 0 aliphatic carbocycles. The van der Waals surface area contributed by atoms with Crippen LogP contribution in [-0.4, -0.2) is 37.4 Å². The molecule has 25 heavy (non-hydrogen) atoms. The number of carbonyl (C=O) groups is 2. The van der Waals surface area contributed by atoms with Crippen molar-refractivity contribution < 1.29 is 14.3 Å². The Morgan fingerprint density at radius 2 is 1.64 bits per heavy atom. The fourth-order valence-electron chi connectivity index (χ4n) is 2.41. The highest BCUT2D eigenvalue weighted by Crippen LogP contribution is 2.27. The lowest BCUT2D eigenvalue weighted by Crippen LogP contribution is -2.22. The van der Waals surface area contributed by atoms with Gasteiger partial charge in [0.15, 0.2) is 6.61 Å². The fraction of sp³-hybridized carbons (Fsp3) is 0.263. The Labute approximate surface area is 156 Å². The van der Waals surface area contributed by atoms with Crippen molar-refractivity contribution in [2.75, 3.05) is 26.0 Å². The lowest BCUT2D eigenvalue weighted by atomic mass is 10.1. The second-order valence-corrected chi connectivity index (χ2v) is 6.90. The number of hydrogen-bond acceptors (Lipinski definition) is 3. The molecule has 0 unspecified atom stereocenters. The van der Waals surface area contributed by atoms with Gasteiger partial charge in [-0.1, -0.05) is 15.9 Å². The molecule has 0 spiro atoms. The van der Waals surface area contributed by atoms with E-state index in [0.717, 1.165) is 15.6 Å². The zero-order valence-corrected chi connectivity index (χ0v) is 16.3. The number of carbonyl (C=O) groups excluding carboxylic acids is 2. The Bertz CT molecular complexity index is 763. The molecule has 0 saturated carbocycles. The Hall–Kier alpha value is -2.34. The second kappa shape index (κ2) is 8.16. The van der Waals surface area contributed by atoms with E-state index in [1.165, 1.54) is 4.90 Å². The number of nitrogens with zero attached hydrogens (tertiary/aromatic N) is 1. The van der Waals surface area contributed by atoms with Crippen molar-refractivity contribution in [2.45, 2.75) is 13.8 Å². The van der Waals surface area contributed by atoms with Gasteiger partial charge < -0.3 is 15.0 Å². The summed E-state index contributed by atoms with van der Waals surface area (Å²) in [5.41, 5.74) is 3.12. The maximum atomic E-state index is 12.1. The number of amides is 2. The van der Waals surface area contributed by atoms with E-state index in [2.05, 4.69) is 21.2 Å². The molecule has 0 saturated heterocycles. The molecule has 0 bridgehead atoms. The van der Waals surface area contributed by atoms with E-state index < -0.39 is 0 Å². The maximum Gasteiger partial charge on any atom is 0.262 e. The van der Waals surface area contributed by atoms with Gasteiger partial charge in [0.25, 0.3) is 11.8 Å². The minimum absolute atomic E-state index is 0.0811. The van der Waals surface area contributed by atoms with Gasteiger partial charge >= 0.3 is 0 Å². The molecule has 0 fully saturated rings. The van der Waals surface area contributed by atoms with Crippen molar-refractivity contribution >= 4 is 33.4 Å². The average Bonchev–Trinajstić information content (AvgIpc) is 2.53. The summed E-state index contributed by atoms with van der Waals surface area (Å²) in [4.78, 5) is 25.4. The van der Waals surface area contributed by atoms with Crippen molar-refractivity contribution in [1.29, 1.82) is 0 Å². The summed E-state index contributed by atoms with van der Waals surface area (Å²) in [5.74, 6) is 0.376. The first-order valence-electron chi connectivity index (χ1n) is 7.79. The molecule has 0 radical (unpaired) electrons. The Morgan fingerprint density at radius 3 is 2.16 bits per heavy atom. The van der Waals surface area contributed by atoms with E-state index >= 15 is 0 Å². The van der Waals surface area contributed by atoms with Crippen LogP contribution < -0.4 is 10.1 Å². The van der Waals surface area contributed by atoms with Crippen molar-refractivity contribution in [3.05, 3.63) is 57.6 Å². The van der Waals surface area contributed by atoms with Crippen molar-refractivity contribution in [3.63, 3.8) is 0 Å². The summed E-state index contributed by atoms with van der Waals surface area (Å²) < 4.78 is 6.63. The highest BCUT2D eigenvalue weighted by molar-refractivity contribution is 9.10. The summed E-state index contributed by atoms with van der Waals surface area (Å²) in [6.07, 6.45) is 0. The number of nitrogens with one attached hydrogen (secondary N) is 1. The lowest BCUT2D eigenvalue weighted by Gasteiger charge is -2.13. The van der Waals surface area contributed by atoms with Gasteiger partial charge in [-0.05, 0) is 61.4 Å². The van der Waals surface area contributed by atoms with E-state index in [1.807, 2.05) is 26.0 Å². The number of hydrogen-bond donors (Lipinski definition) is 1. The third kappa shape index (κ3) is 5.06. The van der Waals surface area contributed by atoms with Gasteiger partial charge in [-0.2, -0.15) is 0 Å². The SMILES string of the molecule is Cc1cc(Br)cc(C)c1OCC(=O)Nc1ccc(C(=O)N(C)C)cc1. The van der Waals surface area contributed by atoms with Crippen LogP contribution in [0.1, 0.15) is 21.5 Å². The zero-order chi connectivity index (χ0) is 18.6. The van der Waals surface area contributed by atoms with Gasteiger partial charge in [-0.3, -0.25) is 9.59 Å². The van der Waals surface area contributed by atoms with Gasteiger partial charge in [-0.25, -0.2) is 0 Å². The molecular weight excluding hydrogens is 384 g/mol. The van der Waals surface area contributed by atoms with Crippen LogP contribution in [0, 0.1) is 13.8 Å². The van der Waals surface area contributed by atoms with Gasteiger partial charge in [0.2, 0.25) is 0 Å². The molecule has 6 heteroatoms. The molecule has 132 valence electrons. The van der Waals surface area contributed by atoms with Crippen LogP contribution in [0.15, 0.2) is 40.9 Å². The topological polar surface area (TPSA) is 58.6 Å². The van der Waals surface area contributed by atoms with Crippen LogP contribution in [0.2, 0.25) is 0 Å². The number of rotatable bonds is 5. The van der Waals surface area contributed by atoms with Crippen molar-refractivity contribution in [3.8, 4) is 5.75 Å². The minimum Gasteiger partial charge on any atom is -0.483 e. The van der Waals surface area contributed by atoms with Gasteiger partial charge in [0.1, 0.15) is 5.75 Å². The van der Waals surface area contributed by atoms with Gasteiger partial charge in [0, 0.05) is 29.8 Å². The van der Waals surface area contributed by atoms with E-state index in [1.54, 1.807) is 38.4 Å². The number of anilines is 1. The predicted octanol–water partition coefficient (Wildman–Crippen LogP) is 3.79. The molecule has 0 aromatic heterocycles. The quantitative estimate of drug-likeness (QED) is 0.824. The molecule has 5 nitrogen and oxygen atoms in total. The Balaban J connectivity index is 1.96. The number of aryl methyl sites for hydroxylation is 2. The highest BCUT2D eigenvalue weighted by Gasteiger charge is 2.10. The van der Waals surface area contributed by atoms with E-state index in [4.69, 9.17) is 4.74 Å². The Morgan fingerprint density at radius 1 is 1.08 bits per heavy atom. The number of halogens is 1. The lowest BCUT2D eigenvalue weighted by molar-refractivity contribution is -0.118. The largest absolute Gasteiger partial charge is 0.483 e. The molecule has 2 aromatic carbocycles. The highest BCUT2D eigenvalue weighted by atomic mass is 79.9. The zero-order valence-electron chi connectivity index (χ0n) is 14.7. The van der Waals surface area contributed by atoms with E-state index in [-0.39, 0.29) is 18.4 Å². The average molecular weight is 405 g/mol. The second-order valence-electron chi connectivity index (χ2n) is 5.98. The van der Waals surface area contributed by atoms with Crippen molar-refractivity contribution in [1.82, 2.24) is 4.90 Å². The standard InChI is InChI=1S/C19H21BrN2O3/c1-12-9-15(20)10-13(2)18(12)25-11-17(23)21-16-7-5-14(6-8-16)19(24)22(3)4/h5-10H,11H2,1-4H3,(H,21,23). The first kappa shape index (κ1) is 19.0. The summed E-state index contributed by atoms with van der Waals surface area (Å²) in [6, 6.07) is 10.7. The number of benzene rings is 2. The predicted molar refractivity (Wildman–Crippen MR) is 102 cm³/mol. The Kier molecular flexibility index (Phi) is 6.20. The normalized spacial score (nSPS) is 10.3. The minimum atomic E-state index is -0.256. The summed E-state index contributed by atoms with van der Waals surface area (Å²) in [6.45, 7) is 3.79. The fourth-order valence-corrected chi connectivity index (χ4v) is 3.10. The molecule has 2 amide bonds. The molecule has 0 aliphatic rings. The van der Waals surface area contributed by atoms with Gasteiger partial charge in [0.05, 0.1) is 0 Å². The molecule has 0 aliphatic heterocycles. The molecule has 0 atom stereocenters. The van der Waals surface area contributed by atoms with Crippen LogP contribution in [0.5, 0.6) is 5.75 Å². The summed E-state index contributed by atoms with van der Waals surface area (Å²) >= 11 is 3.43. The van der Waals surface area contributed by atoms with Crippen LogP contribution >= 0.6 is 15.9 Å². The van der Waals surface area contributed by atoms with E-state index in [9.17, 15) is 9.59 Å². The maximum absolute atomic E-state index is 12.1. The first-order valence-corrected chi connectivity index (χ1v) is 8.58. The van der Waals surface area contributed by atoms with Crippen LogP contribution in [0.25, 0.3) is 0 Å².